The van der Waals surface area contributed by atoms with Gasteiger partial charge in [0.15, 0.2) is 0 Å². The lowest BCUT2D eigenvalue weighted by molar-refractivity contribution is 0.410. The van der Waals surface area contributed by atoms with Crippen molar-refractivity contribution in [1.29, 1.82) is 0 Å². The second-order valence-electron chi connectivity index (χ2n) is 2.85. The molecular formula is C11H13BrO. The van der Waals surface area contributed by atoms with Gasteiger partial charge in [0, 0.05) is 10.0 Å². The van der Waals surface area contributed by atoms with E-state index in [0.29, 0.717) is 0 Å². The van der Waals surface area contributed by atoms with Crippen LogP contribution in [0.4, 0.5) is 0 Å². The Hall–Kier alpha value is -0.760. The topological polar surface area (TPSA) is 9.23 Å². The van der Waals surface area contributed by atoms with Crippen LogP contribution in [0.5, 0.6) is 5.75 Å². The molecule has 0 unspecified atom stereocenters. The van der Waals surface area contributed by atoms with Crippen LogP contribution < -0.4 is 4.74 Å². The van der Waals surface area contributed by atoms with Crippen molar-refractivity contribution < 1.29 is 4.74 Å². The van der Waals surface area contributed by atoms with E-state index in [9.17, 15) is 0 Å². The Labute approximate surface area is 87.5 Å². The average molecular weight is 241 g/mol. The predicted molar refractivity (Wildman–Crippen MR) is 59.3 cm³/mol. The van der Waals surface area contributed by atoms with Crippen molar-refractivity contribution in [2.24, 2.45) is 0 Å². The average Bonchev–Trinajstić information content (AvgIpc) is 2.14. The lowest BCUT2D eigenvalue weighted by Gasteiger charge is -2.11. The molecule has 0 atom stereocenters. The Morgan fingerprint density at radius 3 is 2.77 bits per heavy atom. The van der Waals surface area contributed by atoms with Gasteiger partial charge in [-0.1, -0.05) is 22.0 Å². The van der Waals surface area contributed by atoms with E-state index in [2.05, 4.69) is 29.4 Å². The Bertz CT molecular complexity index is 318. The van der Waals surface area contributed by atoms with Gasteiger partial charge in [0.2, 0.25) is 0 Å². The number of rotatable bonds is 3. The molecule has 0 bridgehead atoms. The summed E-state index contributed by atoms with van der Waals surface area (Å²) in [5, 5.41) is 0. The summed E-state index contributed by atoms with van der Waals surface area (Å²) in [6, 6.07) is 3.97. The van der Waals surface area contributed by atoms with E-state index in [4.69, 9.17) is 4.74 Å². The Balaban J connectivity index is 3.23. The van der Waals surface area contributed by atoms with Crippen LogP contribution in [0.25, 0.3) is 0 Å². The van der Waals surface area contributed by atoms with E-state index in [0.717, 1.165) is 16.6 Å². The molecule has 0 saturated carbocycles. The van der Waals surface area contributed by atoms with Crippen LogP contribution in [0.1, 0.15) is 11.1 Å². The zero-order valence-corrected chi connectivity index (χ0v) is 9.52. The molecule has 0 amide bonds. The lowest BCUT2D eigenvalue weighted by atomic mass is 10.0. The number of methoxy groups -OCH3 is 1. The molecule has 0 aliphatic heterocycles. The summed E-state index contributed by atoms with van der Waals surface area (Å²) >= 11 is 3.49. The maximum Gasteiger partial charge on any atom is 0.122 e. The van der Waals surface area contributed by atoms with Crippen LogP contribution >= 0.6 is 15.9 Å². The fraction of sp³-hybridized carbons (Fsp3) is 0.273. The van der Waals surface area contributed by atoms with Gasteiger partial charge in [0.05, 0.1) is 7.11 Å². The van der Waals surface area contributed by atoms with Gasteiger partial charge in [0.25, 0.3) is 0 Å². The molecule has 0 aliphatic carbocycles. The van der Waals surface area contributed by atoms with Crippen molar-refractivity contribution in [3.8, 4) is 5.75 Å². The molecule has 0 aliphatic rings. The molecular weight excluding hydrogens is 228 g/mol. The van der Waals surface area contributed by atoms with Gasteiger partial charge in [-0.05, 0) is 31.0 Å². The number of halogens is 1. The zero-order valence-electron chi connectivity index (χ0n) is 7.93. The van der Waals surface area contributed by atoms with Crippen LogP contribution in [-0.2, 0) is 6.42 Å². The summed E-state index contributed by atoms with van der Waals surface area (Å²) in [7, 11) is 1.69. The summed E-state index contributed by atoms with van der Waals surface area (Å²) in [5.74, 6) is 0.931. The first-order valence-electron chi connectivity index (χ1n) is 4.13. The molecule has 70 valence electrons. The molecule has 0 saturated heterocycles. The number of hydrogen-bond donors (Lipinski definition) is 0. The third kappa shape index (κ3) is 2.13. The molecule has 0 aromatic heterocycles. The highest BCUT2D eigenvalue weighted by atomic mass is 79.9. The summed E-state index contributed by atoms with van der Waals surface area (Å²) in [5.41, 5.74) is 2.42. The minimum atomic E-state index is 0.842. The van der Waals surface area contributed by atoms with E-state index in [1.54, 1.807) is 7.11 Å². The van der Waals surface area contributed by atoms with E-state index in [1.165, 1.54) is 11.1 Å². The molecule has 1 aromatic rings. The minimum Gasteiger partial charge on any atom is -0.496 e. The third-order valence-corrected chi connectivity index (χ3v) is 2.92. The number of ether oxygens (including phenoxy) is 1. The maximum absolute atomic E-state index is 5.27. The van der Waals surface area contributed by atoms with Crippen molar-refractivity contribution in [3.63, 3.8) is 0 Å². The quantitative estimate of drug-likeness (QED) is 0.736. The first-order chi connectivity index (χ1) is 6.20. The van der Waals surface area contributed by atoms with Crippen LogP contribution in [0, 0.1) is 6.92 Å². The van der Waals surface area contributed by atoms with E-state index < -0.39 is 0 Å². The van der Waals surface area contributed by atoms with Crippen molar-refractivity contribution in [1.82, 2.24) is 0 Å². The smallest absolute Gasteiger partial charge is 0.122 e. The normalized spacial score (nSPS) is 9.77. The van der Waals surface area contributed by atoms with Gasteiger partial charge in [-0.2, -0.15) is 0 Å². The van der Waals surface area contributed by atoms with Crippen LogP contribution in [0.3, 0.4) is 0 Å². The third-order valence-electron chi connectivity index (χ3n) is 2.06. The summed E-state index contributed by atoms with van der Waals surface area (Å²) < 4.78 is 6.38. The fourth-order valence-electron chi connectivity index (χ4n) is 1.29. The number of benzene rings is 1. The largest absolute Gasteiger partial charge is 0.496 e. The van der Waals surface area contributed by atoms with Crippen molar-refractivity contribution in [2.75, 3.05) is 7.11 Å². The van der Waals surface area contributed by atoms with Crippen molar-refractivity contribution in [3.05, 3.63) is 40.4 Å². The SMILES string of the molecule is C=CCc1c(OC)ccc(Br)c1C. The van der Waals surface area contributed by atoms with E-state index in [1.807, 2.05) is 18.2 Å². The molecule has 1 rings (SSSR count). The molecule has 0 spiro atoms. The summed E-state index contributed by atoms with van der Waals surface area (Å²) in [6.45, 7) is 5.81. The Kier molecular flexibility index (Phi) is 3.55. The van der Waals surface area contributed by atoms with Crippen LogP contribution in [0.2, 0.25) is 0 Å². The van der Waals surface area contributed by atoms with Gasteiger partial charge >= 0.3 is 0 Å². The number of allylic oxidation sites excluding steroid dienone is 1. The minimum absolute atomic E-state index is 0.842. The highest BCUT2D eigenvalue weighted by molar-refractivity contribution is 9.10. The molecule has 2 heteroatoms. The fourth-order valence-corrected chi connectivity index (χ4v) is 1.66. The lowest BCUT2D eigenvalue weighted by Crippen LogP contribution is -1.94. The van der Waals surface area contributed by atoms with Crippen LogP contribution in [-0.4, -0.2) is 7.11 Å². The van der Waals surface area contributed by atoms with Crippen LogP contribution in [0.15, 0.2) is 29.3 Å². The molecule has 1 aromatic carbocycles. The Morgan fingerprint density at radius 1 is 1.54 bits per heavy atom. The number of hydrogen-bond acceptors (Lipinski definition) is 1. The zero-order chi connectivity index (χ0) is 9.84. The van der Waals surface area contributed by atoms with E-state index >= 15 is 0 Å². The molecule has 0 heterocycles. The van der Waals surface area contributed by atoms with E-state index in [-0.39, 0.29) is 0 Å². The van der Waals surface area contributed by atoms with Gasteiger partial charge in [-0.25, -0.2) is 0 Å². The first kappa shape index (κ1) is 10.3. The summed E-state index contributed by atoms with van der Waals surface area (Å²) in [4.78, 5) is 0. The highest BCUT2D eigenvalue weighted by Gasteiger charge is 2.06. The molecule has 0 fully saturated rings. The standard InChI is InChI=1S/C11H13BrO/c1-4-5-9-8(2)10(12)6-7-11(9)13-3/h4,6-7H,1,5H2,2-3H3. The second kappa shape index (κ2) is 4.47. The molecule has 0 radical (unpaired) electrons. The maximum atomic E-state index is 5.27. The second-order valence-corrected chi connectivity index (χ2v) is 3.70. The van der Waals surface area contributed by atoms with Gasteiger partial charge in [-0.15, -0.1) is 6.58 Å². The highest BCUT2D eigenvalue weighted by Crippen LogP contribution is 2.28. The molecule has 0 N–H and O–H groups in total. The first-order valence-corrected chi connectivity index (χ1v) is 4.93. The monoisotopic (exact) mass is 240 g/mol. The Morgan fingerprint density at radius 2 is 2.23 bits per heavy atom. The van der Waals surface area contributed by atoms with Crippen molar-refractivity contribution in [2.45, 2.75) is 13.3 Å². The summed E-state index contributed by atoms with van der Waals surface area (Å²) in [6.07, 6.45) is 2.73. The van der Waals surface area contributed by atoms with Crippen molar-refractivity contribution >= 4 is 15.9 Å². The molecule has 13 heavy (non-hydrogen) atoms. The van der Waals surface area contributed by atoms with Gasteiger partial charge < -0.3 is 4.74 Å². The van der Waals surface area contributed by atoms with Gasteiger partial charge in [-0.3, -0.25) is 0 Å². The molecule has 1 nitrogen and oxygen atoms in total. The predicted octanol–water partition coefficient (Wildman–Crippen LogP) is 3.49. The van der Waals surface area contributed by atoms with Gasteiger partial charge in [0.1, 0.15) is 5.75 Å².